The molecule has 0 aromatic rings. The lowest BCUT2D eigenvalue weighted by Crippen LogP contribution is -2.30. The van der Waals surface area contributed by atoms with Crippen LogP contribution >= 0.6 is 7.82 Å². The molecule has 0 amide bonds. The van der Waals surface area contributed by atoms with E-state index in [0.717, 1.165) is 57.8 Å². The number of phosphoric ester groups is 1. The zero-order valence-electron chi connectivity index (χ0n) is 34.0. The van der Waals surface area contributed by atoms with Crippen molar-refractivity contribution in [3.63, 3.8) is 0 Å². The van der Waals surface area contributed by atoms with Crippen LogP contribution in [0, 0.1) is 0 Å². The fraction of sp³-hybridized carbons (Fsp3) is 0.905. The van der Waals surface area contributed by atoms with Gasteiger partial charge in [-0.25, -0.2) is 0 Å². The summed E-state index contributed by atoms with van der Waals surface area (Å²) in [7, 11) is -4.86. The molecule has 0 radical (unpaired) electrons. The number of rotatable bonds is 41. The highest BCUT2D eigenvalue weighted by atomic mass is 31.2. The average molecular weight is 776 g/mol. The molecule has 0 aliphatic carbocycles. The molecule has 0 spiro atoms. The minimum absolute atomic E-state index is 0.163. The Labute approximate surface area is 324 Å². The Kier molecular flexibility index (Phi) is 38.0. The Balaban J connectivity index is 4.28. The maximum atomic E-state index is 12.6. The summed E-state index contributed by atoms with van der Waals surface area (Å²) < 4.78 is 32.3. The van der Waals surface area contributed by atoms with E-state index in [1.807, 2.05) is 0 Å². The van der Waals surface area contributed by atoms with Crippen molar-refractivity contribution in [1.29, 1.82) is 0 Å². The third-order valence-corrected chi connectivity index (χ3v) is 10.3. The van der Waals surface area contributed by atoms with Crippen LogP contribution in [0.5, 0.6) is 0 Å². The number of aliphatic hydroxyl groups is 2. The van der Waals surface area contributed by atoms with Gasteiger partial charge in [-0.2, -0.15) is 0 Å². The normalized spacial score (nSPS) is 14.0. The highest BCUT2D eigenvalue weighted by molar-refractivity contribution is 7.45. The van der Waals surface area contributed by atoms with Crippen molar-refractivity contribution >= 4 is 19.8 Å². The summed E-state index contributed by atoms with van der Waals surface area (Å²) in [5, 5.41) is 18.3. The van der Waals surface area contributed by atoms with Crippen LogP contribution in [-0.2, 0) is 32.7 Å². The fourth-order valence-electron chi connectivity index (χ4n) is 6.04. The molecule has 10 nitrogen and oxygen atoms in total. The van der Waals surface area contributed by atoms with E-state index < -0.39 is 51.8 Å². The fourth-order valence-corrected chi connectivity index (χ4v) is 6.82. The Hall–Kier alpha value is -1.29. The SMILES string of the molecule is CCCCCCCC/C=C\CCCCCCCC(=O)O[C@H](COC(=O)CCCCCCCCCCCCCCCCC)COP(=O)([O-])OC[C@@H](O)CO. The van der Waals surface area contributed by atoms with E-state index in [0.29, 0.717) is 12.8 Å². The first-order valence-electron chi connectivity index (χ1n) is 21.6. The molecular formula is C42H80O10P-. The monoisotopic (exact) mass is 776 g/mol. The van der Waals surface area contributed by atoms with E-state index >= 15 is 0 Å². The summed E-state index contributed by atoms with van der Waals surface area (Å²) in [5.41, 5.74) is 0. The summed E-state index contributed by atoms with van der Waals surface area (Å²) in [6.07, 6.45) is 35.8. The molecule has 0 aromatic carbocycles. The molecule has 0 rings (SSSR count). The van der Waals surface area contributed by atoms with Crippen LogP contribution in [-0.4, -0.2) is 60.8 Å². The Morgan fingerprint density at radius 1 is 0.566 bits per heavy atom. The Bertz CT molecular complexity index is 899. The van der Waals surface area contributed by atoms with Crippen LogP contribution in [0.4, 0.5) is 0 Å². The Morgan fingerprint density at radius 3 is 1.38 bits per heavy atom. The first-order valence-corrected chi connectivity index (χ1v) is 23.1. The lowest BCUT2D eigenvalue weighted by molar-refractivity contribution is -0.230. The molecule has 0 aromatic heterocycles. The number of hydrogen-bond donors (Lipinski definition) is 2. The number of carbonyl (C=O) groups excluding carboxylic acids is 2. The number of ether oxygens (including phenoxy) is 2. The van der Waals surface area contributed by atoms with E-state index in [4.69, 9.17) is 19.1 Å². The van der Waals surface area contributed by atoms with E-state index in [1.165, 1.54) is 109 Å². The molecule has 0 aliphatic rings. The van der Waals surface area contributed by atoms with Gasteiger partial charge in [-0.15, -0.1) is 0 Å². The summed E-state index contributed by atoms with van der Waals surface area (Å²) >= 11 is 0. The number of allylic oxidation sites excluding steroid dienone is 2. The molecule has 1 unspecified atom stereocenters. The van der Waals surface area contributed by atoms with Crippen molar-refractivity contribution in [2.24, 2.45) is 0 Å². The first-order chi connectivity index (χ1) is 25.7. The van der Waals surface area contributed by atoms with Crippen LogP contribution in [0.25, 0.3) is 0 Å². The van der Waals surface area contributed by atoms with Gasteiger partial charge >= 0.3 is 11.9 Å². The van der Waals surface area contributed by atoms with Crippen molar-refractivity contribution in [3.05, 3.63) is 12.2 Å². The van der Waals surface area contributed by atoms with Crippen molar-refractivity contribution in [1.82, 2.24) is 0 Å². The zero-order chi connectivity index (χ0) is 39.1. The highest BCUT2D eigenvalue weighted by Gasteiger charge is 2.21. The largest absolute Gasteiger partial charge is 0.756 e. The summed E-state index contributed by atoms with van der Waals surface area (Å²) in [6, 6.07) is 0. The van der Waals surface area contributed by atoms with Gasteiger partial charge in [-0.1, -0.05) is 167 Å². The molecule has 3 atom stereocenters. The highest BCUT2D eigenvalue weighted by Crippen LogP contribution is 2.38. The summed E-state index contributed by atoms with van der Waals surface area (Å²) in [4.78, 5) is 37.1. The minimum Gasteiger partial charge on any atom is -0.756 e. The van der Waals surface area contributed by atoms with Crippen molar-refractivity contribution in [3.8, 4) is 0 Å². The molecule has 2 N–H and O–H groups in total. The number of aliphatic hydroxyl groups excluding tert-OH is 2. The van der Waals surface area contributed by atoms with Crippen LogP contribution in [0.15, 0.2) is 12.2 Å². The molecule has 11 heteroatoms. The predicted octanol–water partition coefficient (Wildman–Crippen LogP) is 10.6. The number of phosphoric acid groups is 1. The van der Waals surface area contributed by atoms with Crippen molar-refractivity contribution in [2.45, 2.75) is 219 Å². The van der Waals surface area contributed by atoms with Crippen LogP contribution in [0.2, 0.25) is 0 Å². The van der Waals surface area contributed by atoms with Crippen LogP contribution in [0.1, 0.15) is 206 Å². The minimum atomic E-state index is -4.86. The van der Waals surface area contributed by atoms with Gasteiger partial charge in [0, 0.05) is 12.8 Å². The van der Waals surface area contributed by atoms with Gasteiger partial charge < -0.3 is 33.6 Å². The second-order valence-electron chi connectivity index (χ2n) is 14.7. The van der Waals surface area contributed by atoms with Crippen molar-refractivity contribution in [2.75, 3.05) is 26.4 Å². The number of carbonyl (C=O) groups is 2. The number of hydrogen-bond acceptors (Lipinski definition) is 10. The zero-order valence-corrected chi connectivity index (χ0v) is 34.9. The molecular weight excluding hydrogens is 695 g/mol. The van der Waals surface area contributed by atoms with Gasteiger partial charge in [0.25, 0.3) is 7.82 Å². The van der Waals surface area contributed by atoms with E-state index in [1.54, 1.807) is 0 Å². The molecule has 0 saturated heterocycles. The quantitative estimate of drug-likeness (QED) is 0.0266. The lowest BCUT2D eigenvalue weighted by atomic mass is 10.0. The second kappa shape index (κ2) is 39.0. The van der Waals surface area contributed by atoms with Gasteiger partial charge in [-0.05, 0) is 38.5 Å². The molecule has 53 heavy (non-hydrogen) atoms. The molecule has 0 bridgehead atoms. The summed E-state index contributed by atoms with van der Waals surface area (Å²) in [5.74, 6) is -0.961. The van der Waals surface area contributed by atoms with Crippen LogP contribution < -0.4 is 4.89 Å². The molecule has 0 aliphatic heterocycles. The van der Waals surface area contributed by atoms with Gasteiger partial charge in [0.15, 0.2) is 6.10 Å². The van der Waals surface area contributed by atoms with E-state index in [2.05, 4.69) is 30.5 Å². The third-order valence-electron chi connectivity index (χ3n) is 9.41. The van der Waals surface area contributed by atoms with Crippen molar-refractivity contribution < 1.29 is 47.8 Å². The summed E-state index contributed by atoms with van der Waals surface area (Å²) in [6.45, 7) is 2.20. The Morgan fingerprint density at radius 2 is 0.943 bits per heavy atom. The topological polar surface area (TPSA) is 152 Å². The predicted molar refractivity (Wildman–Crippen MR) is 212 cm³/mol. The maximum absolute atomic E-state index is 12.6. The van der Waals surface area contributed by atoms with E-state index in [-0.39, 0.29) is 19.4 Å². The van der Waals surface area contributed by atoms with Crippen LogP contribution in [0.3, 0.4) is 0 Å². The molecule has 0 saturated carbocycles. The van der Waals surface area contributed by atoms with E-state index in [9.17, 15) is 24.2 Å². The lowest BCUT2D eigenvalue weighted by Gasteiger charge is -2.26. The average Bonchev–Trinajstić information content (AvgIpc) is 3.14. The first kappa shape index (κ1) is 51.7. The van der Waals surface area contributed by atoms with Gasteiger partial charge in [0.2, 0.25) is 0 Å². The number of esters is 2. The molecule has 0 heterocycles. The van der Waals surface area contributed by atoms with Gasteiger partial charge in [0.1, 0.15) is 12.7 Å². The molecule has 314 valence electrons. The molecule has 0 fully saturated rings. The third kappa shape index (κ3) is 38.8. The maximum Gasteiger partial charge on any atom is 0.306 e. The van der Waals surface area contributed by atoms with Gasteiger partial charge in [0.05, 0.1) is 19.8 Å². The smallest absolute Gasteiger partial charge is 0.306 e. The van der Waals surface area contributed by atoms with Gasteiger partial charge in [-0.3, -0.25) is 14.2 Å². The standard InChI is InChI=1S/C42H81O10P/c1-3-5-7-9-11-13-15-17-19-21-23-25-27-29-31-33-41(45)49-37-40(38-51-53(47,48)50-36-39(44)35-43)52-42(46)34-32-30-28-26-24-22-20-18-16-14-12-10-8-6-4-2/h18,20,39-40,43-44H,3-17,19,21-38H2,1-2H3,(H,47,48)/p-1/b20-18-/t39-,40+/m0/s1. The second-order valence-corrected chi connectivity index (χ2v) is 16.1. The number of unbranched alkanes of at least 4 members (excludes halogenated alkanes) is 25.